The molecule has 0 bridgehead atoms. The lowest BCUT2D eigenvalue weighted by Gasteiger charge is -2.11. The molecule has 1 rings (SSSR count). The Hall–Kier alpha value is -2.21. The van der Waals surface area contributed by atoms with Crippen LogP contribution in [0.25, 0.3) is 0 Å². The number of unbranched alkanes of at least 4 members (excludes halogenated alkanes) is 2. The van der Waals surface area contributed by atoms with E-state index in [1.807, 2.05) is 12.1 Å². The molecule has 0 heterocycles. The summed E-state index contributed by atoms with van der Waals surface area (Å²) in [6.45, 7) is 5.70. The molecule has 1 aromatic carbocycles. The Morgan fingerprint density at radius 2 is 2.10 bits per heavy atom. The second-order valence-electron chi connectivity index (χ2n) is 4.22. The molecule has 20 heavy (non-hydrogen) atoms. The summed E-state index contributed by atoms with van der Waals surface area (Å²) in [6, 6.07) is 7.03. The van der Waals surface area contributed by atoms with Crippen LogP contribution < -0.4 is 0 Å². The molecule has 0 aliphatic heterocycles. The third kappa shape index (κ3) is 4.81. The van der Waals surface area contributed by atoms with E-state index < -0.39 is 0 Å². The molecule has 3 nitrogen and oxygen atoms in total. The number of carbonyl (C=O) groups is 1. The van der Waals surface area contributed by atoms with Gasteiger partial charge in [0, 0.05) is 12.0 Å². The van der Waals surface area contributed by atoms with Crippen molar-refractivity contribution in [1.82, 2.24) is 0 Å². The van der Waals surface area contributed by atoms with Crippen molar-refractivity contribution >= 4 is 5.97 Å². The quantitative estimate of drug-likeness (QED) is 0.341. The minimum absolute atomic E-state index is 0.351. The lowest BCUT2D eigenvalue weighted by atomic mass is 10.1. The van der Waals surface area contributed by atoms with Crippen molar-refractivity contribution < 1.29 is 14.3 Å². The number of hydrogen-bond donors (Lipinski definition) is 0. The lowest BCUT2D eigenvalue weighted by molar-refractivity contribution is 0.0600. The minimum atomic E-state index is -0.355. The van der Waals surface area contributed by atoms with Crippen molar-refractivity contribution in [2.24, 2.45) is 0 Å². The maximum Gasteiger partial charge on any atom is 0.337 e. The summed E-state index contributed by atoms with van der Waals surface area (Å²) in [7, 11) is 1.36. The topological polar surface area (TPSA) is 35.5 Å². The van der Waals surface area contributed by atoms with E-state index in [1.54, 1.807) is 12.1 Å². The first kappa shape index (κ1) is 15.8. The molecule has 0 aliphatic carbocycles. The molecule has 1 atom stereocenters. The summed E-state index contributed by atoms with van der Waals surface area (Å²) in [5.74, 6) is 5.82. The largest absolute Gasteiger partial charge is 0.481 e. The van der Waals surface area contributed by atoms with Gasteiger partial charge in [-0.2, -0.15) is 0 Å². The van der Waals surface area contributed by atoms with E-state index >= 15 is 0 Å². The molecule has 0 aromatic heterocycles. The van der Waals surface area contributed by atoms with Gasteiger partial charge >= 0.3 is 5.97 Å². The van der Waals surface area contributed by atoms with E-state index in [9.17, 15) is 4.79 Å². The molecule has 0 fully saturated rings. The van der Waals surface area contributed by atoms with E-state index in [0.717, 1.165) is 24.8 Å². The van der Waals surface area contributed by atoms with Gasteiger partial charge in [0.05, 0.1) is 18.9 Å². The van der Waals surface area contributed by atoms with Crippen LogP contribution in [0.3, 0.4) is 0 Å². The van der Waals surface area contributed by atoms with E-state index in [2.05, 4.69) is 30.1 Å². The highest BCUT2D eigenvalue weighted by molar-refractivity contribution is 5.89. The molecule has 0 unspecified atom stereocenters. The number of benzene rings is 1. The minimum Gasteiger partial charge on any atom is -0.481 e. The predicted octanol–water partition coefficient (Wildman–Crippen LogP) is 3.87. The molecular weight excluding hydrogens is 252 g/mol. The van der Waals surface area contributed by atoms with Crippen LogP contribution in [0.5, 0.6) is 0 Å². The summed E-state index contributed by atoms with van der Waals surface area (Å²) in [4.78, 5) is 11.4. The van der Waals surface area contributed by atoms with Crippen LogP contribution in [-0.2, 0) is 9.47 Å². The Bertz CT molecular complexity index is 491. The Balaban J connectivity index is 2.82. The molecule has 0 aliphatic rings. The number of methoxy groups -OCH3 is 1. The van der Waals surface area contributed by atoms with Crippen molar-refractivity contribution in [3.63, 3.8) is 0 Å². The van der Waals surface area contributed by atoms with Crippen LogP contribution in [0.1, 0.15) is 48.2 Å². The Kier molecular flexibility index (Phi) is 6.99. The molecule has 3 heteroatoms. The highest BCUT2D eigenvalue weighted by Gasteiger charge is 2.10. The Labute approximate surface area is 120 Å². The highest BCUT2D eigenvalue weighted by atomic mass is 16.5. The fraction of sp³-hybridized carbons (Fsp3) is 0.353. The first-order valence-corrected chi connectivity index (χ1v) is 6.66. The van der Waals surface area contributed by atoms with Gasteiger partial charge in [-0.25, -0.2) is 4.79 Å². The van der Waals surface area contributed by atoms with E-state index in [4.69, 9.17) is 4.74 Å². The third-order valence-electron chi connectivity index (χ3n) is 2.76. The van der Waals surface area contributed by atoms with E-state index in [-0.39, 0.29) is 12.1 Å². The average Bonchev–Trinajstić information content (AvgIpc) is 2.50. The number of esters is 1. The van der Waals surface area contributed by atoms with Crippen molar-refractivity contribution in [1.29, 1.82) is 0 Å². The molecule has 0 radical (unpaired) electrons. The molecule has 0 spiro atoms. The summed E-state index contributed by atoms with van der Waals surface area (Å²) >= 11 is 0. The summed E-state index contributed by atoms with van der Waals surface area (Å²) in [5.41, 5.74) is 1.40. The smallest absolute Gasteiger partial charge is 0.337 e. The first-order valence-electron chi connectivity index (χ1n) is 6.66. The fourth-order valence-corrected chi connectivity index (χ4v) is 1.63. The SMILES string of the molecule is C=CO[C@@H](C#CCCCC)c1ccc(C(=O)OC)cc1. The second-order valence-corrected chi connectivity index (χ2v) is 4.22. The zero-order chi connectivity index (χ0) is 14.8. The molecule has 106 valence electrons. The molecule has 0 N–H and O–H groups in total. The number of rotatable bonds is 6. The van der Waals surface area contributed by atoms with Gasteiger partial charge in [-0.05, 0) is 18.6 Å². The van der Waals surface area contributed by atoms with Gasteiger partial charge in [0.15, 0.2) is 6.10 Å². The van der Waals surface area contributed by atoms with Crippen LogP contribution in [0.2, 0.25) is 0 Å². The van der Waals surface area contributed by atoms with E-state index in [1.165, 1.54) is 13.4 Å². The van der Waals surface area contributed by atoms with Crippen molar-refractivity contribution in [3.05, 3.63) is 48.2 Å². The van der Waals surface area contributed by atoms with Gasteiger partial charge < -0.3 is 9.47 Å². The number of hydrogen-bond acceptors (Lipinski definition) is 3. The van der Waals surface area contributed by atoms with Gasteiger partial charge in [0.2, 0.25) is 0 Å². The van der Waals surface area contributed by atoms with Crippen molar-refractivity contribution in [2.45, 2.75) is 32.3 Å². The third-order valence-corrected chi connectivity index (χ3v) is 2.76. The summed E-state index contributed by atoms with van der Waals surface area (Å²) < 4.78 is 10.1. The van der Waals surface area contributed by atoms with Crippen LogP contribution >= 0.6 is 0 Å². The second kappa shape index (κ2) is 8.82. The Morgan fingerprint density at radius 1 is 1.40 bits per heavy atom. The molecule has 0 saturated heterocycles. The lowest BCUT2D eigenvalue weighted by Crippen LogP contribution is -2.03. The highest BCUT2D eigenvalue weighted by Crippen LogP contribution is 2.18. The first-order chi connectivity index (χ1) is 9.72. The maximum absolute atomic E-state index is 11.4. The van der Waals surface area contributed by atoms with Gasteiger partial charge in [-0.1, -0.05) is 43.9 Å². The van der Waals surface area contributed by atoms with Gasteiger partial charge in [-0.3, -0.25) is 0 Å². The number of ether oxygens (including phenoxy) is 2. The molecule has 1 aromatic rings. The Morgan fingerprint density at radius 3 is 2.65 bits per heavy atom. The van der Waals surface area contributed by atoms with Crippen LogP contribution in [0.4, 0.5) is 0 Å². The van der Waals surface area contributed by atoms with Gasteiger partial charge in [0.1, 0.15) is 0 Å². The zero-order valence-corrected chi connectivity index (χ0v) is 12.0. The van der Waals surface area contributed by atoms with Gasteiger partial charge in [-0.15, -0.1) is 0 Å². The monoisotopic (exact) mass is 272 g/mol. The average molecular weight is 272 g/mol. The van der Waals surface area contributed by atoms with Crippen molar-refractivity contribution in [2.75, 3.05) is 7.11 Å². The molecular formula is C17H20O3. The normalized spacial score (nSPS) is 10.9. The number of carbonyl (C=O) groups excluding carboxylic acids is 1. The summed E-state index contributed by atoms with van der Waals surface area (Å²) in [6.07, 6.45) is 4.09. The maximum atomic E-state index is 11.4. The molecule has 0 saturated carbocycles. The van der Waals surface area contributed by atoms with Crippen molar-refractivity contribution in [3.8, 4) is 11.8 Å². The molecule has 0 amide bonds. The van der Waals surface area contributed by atoms with Crippen LogP contribution in [0, 0.1) is 11.8 Å². The standard InChI is InChI=1S/C17H20O3/c1-4-6-7-8-9-16(20-5-2)14-10-12-15(13-11-14)17(18)19-3/h5,10-13,16H,2,4,6-7H2,1,3H3/t16-/m0/s1. The van der Waals surface area contributed by atoms with Crippen LogP contribution in [0.15, 0.2) is 37.1 Å². The van der Waals surface area contributed by atoms with E-state index in [0.29, 0.717) is 5.56 Å². The summed E-state index contributed by atoms with van der Waals surface area (Å²) in [5, 5.41) is 0. The van der Waals surface area contributed by atoms with Crippen LogP contribution in [-0.4, -0.2) is 13.1 Å². The fourth-order valence-electron chi connectivity index (χ4n) is 1.63. The predicted molar refractivity (Wildman–Crippen MR) is 79.1 cm³/mol. The van der Waals surface area contributed by atoms with Gasteiger partial charge in [0.25, 0.3) is 0 Å². The zero-order valence-electron chi connectivity index (χ0n) is 12.0.